The first-order valence-electron chi connectivity index (χ1n) is 11.1. The van der Waals surface area contributed by atoms with Crippen molar-refractivity contribution >= 4 is 23.4 Å². The Morgan fingerprint density at radius 2 is 1.76 bits per heavy atom. The molecule has 2 rings (SSSR count). The standard InChI is InChI=1S/C23H32N4O6/c1-4-7-13-26(20-21(24)27(12-5-2)23(31)25-22(20)30)18(28)14-33-19(29)15-32-17-10-8-16(6-3)9-11-17/h8-11H,4-7,12-15,24H2,1-3H3,(H,25,30,31). The van der Waals surface area contributed by atoms with E-state index in [2.05, 4.69) is 4.98 Å². The molecule has 10 heteroatoms. The average Bonchev–Trinajstić information content (AvgIpc) is 2.81. The predicted molar refractivity (Wildman–Crippen MR) is 126 cm³/mol. The number of carbonyl (C=O) groups excluding carboxylic acids is 2. The lowest BCUT2D eigenvalue weighted by Crippen LogP contribution is -2.43. The Bertz CT molecular complexity index is 1060. The molecule has 0 aliphatic heterocycles. The molecular formula is C23H32N4O6. The molecule has 0 spiro atoms. The van der Waals surface area contributed by atoms with Gasteiger partial charge in [0.05, 0.1) is 0 Å². The van der Waals surface area contributed by atoms with Crippen molar-refractivity contribution in [2.45, 2.75) is 53.0 Å². The second-order valence-electron chi connectivity index (χ2n) is 7.49. The van der Waals surface area contributed by atoms with Crippen molar-refractivity contribution in [3.63, 3.8) is 0 Å². The van der Waals surface area contributed by atoms with E-state index in [0.29, 0.717) is 18.6 Å². The number of hydrogen-bond donors (Lipinski definition) is 2. The van der Waals surface area contributed by atoms with Crippen LogP contribution < -0.4 is 26.6 Å². The van der Waals surface area contributed by atoms with Gasteiger partial charge < -0.3 is 20.1 Å². The highest BCUT2D eigenvalue weighted by atomic mass is 16.6. The summed E-state index contributed by atoms with van der Waals surface area (Å²) in [5, 5.41) is 0. The predicted octanol–water partition coefficient (Wildman–Crippen LogP) is 1.85. The minimum absolute atomic E-state index is 0.0970. The van der Waals surface area contributed by atoms with Gasteiger partial charge in [0.1, 0.15) is 11.6 Å². The zero-order valence-corrected chi connectivity index (χ0v) is 19.4. The average molecular weight is 461 g/mol. The van der Waals surface area contributed by atoms with E-state index in [4.69, 9.17) is 15.2 Å². The first-order valence-corrected chi connectivity index (χ1v) is 11.1. The van der Waals surface area contributed by atoms with E-state index < -0.39 is 29.7 Å². The fourth-order valence-electron chi connectivity index (χ4n) is 3.19. The summed E-state index contributed by atoms with van der Waals surface area (Å²) < 4.78 is 11.7. The van der Waals surface area contributed by atoms with Crippen LogP contribution in [0.2, 0.25) is 0 Å². The molecule has 1 aromatic carbocycles. The fraction of sp³-hybridized carbons (Fsp3) is 0.478. The fourth-order valence-corrected chi connectivity index (χ4v) is 3.19. The Hall–Kier alpha value is -3.56. The van der Waals surface area contributed by atoms with Crippen molar-refractivity contribution in [1.29, 1.82) is 0 Å². The number of aryl methyl sites for hydroxylation is 1. The molecule has 0 bridgehead atoms. The van der Waals surface area contributed by atoms with Gasteiger partial charge >= 0.3 is 11.7 Å². The van der Waals surface area contributed by atoms with Crippen LogP contribution in [0.25, 0.3) is 0 Å². The van der Waals surface area contributed by atoms with Gasteiger partial charge in [0.2, 0.25) is 0 Å². The largest absolute Gasteiger partial charge is 0.482 e. The minimum Gasteiger partial charge on any atom is -0.482 e. The summed E-state index contributed by atoms with van der Waals surface area (Å²) in [5.74, 6) is -0.933. The number of benzene rings is 1. The van der Waals surface area contributed by atoms with Crippen LogP contribution in [0.1, 0.15) is 45.6 Å². The van der Waals surface area contributed by atoms with Gasteiger partial charge in [-0.2, -0.15) is 0 Å². The highest BCUT2D eigenvalue weighted by molar-refractivity contribution is 5.97. The molecular weight excluding hydrogens is 428 g/mol. The van der Waals surface area contributed by atoms with E-state index in [-0.39, 0.29) is 31.2 Å². The van der Waals surface area contributed by atoms with Gasteiger partial charge in [0.25, 0.3) is 11.5 Å². The van der Waals surface area contributed by atoms with E-state index in [0.717, 1.165) is 18.4 Å². The molecule has 10 nitrogen and oxygen atoms in total. The summed E-state index contributed by atoms with van der Waals surface area (Å²) in [5.41, 5.74) is 5.71. The number of esters is 1. The maximum atomic E-state index is 12.9. The van der Waals surface area contributed by atoms with Crippen LogP contribution in [0.15, 0.2) is 33.9 Å². The Kier molecular flexibility index (Phi) is 9.71. The Morgan fingerprint density at radius 3 is 2.36 bits per heavy atom. The zero-order valence-electron chi connectivity index (χ0n) is 19.4. The third-order valence-electron chi connectivity index (χ3n) is 5.01. The second kappa shape index (κ2) is 12.5. The quantitative estimate of drug-likeness (QED) is 0.461. The van der Waals surface area contributed by atoms with Crippen LogP contribution in [-0.4, -0.2) is 41.2 Å². The zero-order chi connectivity index (χ0) is 24.4. The van der Waals surface area contributed by atoms with Gasteiger partial charge in [0, 0.05) is 13.1 Å². The summed E-state index contributed by atoms with van der Waals surface area (Å²) in [6.07, 6.45) is 2.84. The first-order chi connectivity index (χ1) is 15.8. The molecule has 1 aromatic heterocycles. The number of ether oxygens (including phenoxy) is 2. The van der Waals surface area contributed by atoms with Crippen LogP contribution in [0.4, 0.5) is 11.5 Å². The lowest BCUT2D eigenvalue weighted by molar-refractivity contribution is -0.149. The van der Waals surface area contributed by atoms with Crippen molar-refractivity contribution < 1.29 is 19.1 Å². The van der Waals surface area contributed by atoms with E-state index in [1.165, 1.54) is 9.47 Å². The summed E-state index contributed by atoms with van der Waals surface area (Å²) in [6.45, 7) is 5.34. The van der Waals surface area contributed by atoms with Crippen molar-refractivity contribution in [2.75, 3.05) is 30.4 Å². The van der Waals surface area contributed by atoms with Crippen LogP contribution in [0, 0.1) is 0 Å². The van der Waals surface area contributed by atoms with E-state index in [9.17, 15) is 19.2 Å². The van der Waals surface area contributed by atoms with Crippen molar-refractivity contribution in [1.82, 2.24) is 9.55 Å². The summed E-state index contributed by atoms with van der Waals surface area (Å²) >= 11 is 0. The molecule has 0 fully saturated rings. The number of aromatic nitrogens is 2. The lowest BCUT2D eigenvalue weighted by Gasteiger charge is -2.24. The van der Waals surface area contributed by atoms with Gasteiger partial charge in [-0.05, 0) is 37.0 Å². The highest BCUT2D eigenvalue weighted by Gasteiger charge is 2.24. The number of amides is 1. The number of aromatic amines is 1. The van der Waals surface area contributed by atoms with E-state index >= 15 is 0 Å². The number of hydrogen-bond acceptors (Lipinski definition) is 7. The molecule has 0 saturated carbocycles. The number of rotatable bonds is 12. The Labute approximate surface area is 192 Å². The summed E-state index contributed by atoms with van der Waals surface area (Å²) in [4.78, 5) is 52.9. The molecule has 0 aliphatic rings. The number of anilines is 2. The molecule has 33 heavy (non-hydrogen) atoms. The molecule has 1 amide bonds. The molecule has 3 N–H and O–H groups in total. The van der Waals surface area contributed by atoms with Crippen molar-refractivity contribution in [3.8, 4) is 5.75 Å². The van der Waals surface area contributed by atoms with Gasteiger partial charge in [0.15, 0.2) is 18.9 Å². The number of nitrogens with zero attached hydrogens (tertiary/aromatic N) is 2. The second-order valence-corrected chi connectivity index (χ2v) is 7.49. The number of carbonyl (C=O) groups is 2. The van der Waals surface area contributed by atoms with E-state index in [1.54, 1.807) is 12.1 Å². The van der Waals surface area contributed by atoms with E-state index in [1.807, 2.05) is 32.9 Å². The van der Waals surface area contributed by atoms with Crippen molar-refractivity contribution in [3.05, 3.63) is 50.7 Å². The third kappa shape index (κ3) is 6.96. The maximum Gasteiger partial charge on any atom is 0.344 e. The topological polar surface area (TPSA) is 137 Å². The SMILES string of the molecule is CCCCN(C(=O)COC(=O)COc1ccc(CC)cc1)c1c(N)n(CCC)c(=O)[nH]c1=O. The van der Waals surface area contributed by atoms with Gasteiger partial charge in [-0.25, -0.2) is 9.59 Å². The van der Waals surface area contributed by atoms with Crippen LogP contribution >= 0.6 is 0 Å². The minimum atomic E-state index is -0.764. The third-order valence-corrected chi connectivity index (χ3v) is 5.01. The van der Waals surface area contributed by atoms with Gasteiger partial charge in [-0.3, -0.25) is 19.1 Å². The van der Waals surface area contributed by atoms with Crippen LogP contribution in [0.3, 0.4) is 0 Å². The highest BCUT2D eigenvalue weighted by Crippen LogP contribution is 2.18. The number of nitrogen functional groups attached to an aromatic ring is 1. The molecule has 0 unspecified atom stereocenters. The van der Waals surface area contributed by atoms with Crippen LogP contribution in [0.5, 0.6) is 5.75 Å². The molecule has 2 aromatic rings. The number of nitrogens with two attached hydrogens (primary N) is 1. The smallest absolute Gasteiger partial charge is 0.344 e. The number of nitrogens with one attached hydrogen (secondary N) is 1. The van der Waals surface area contributed by atoms with Crippen LogP contribution in [-0.2, 0) is 27.3 Å². The maximum absolute atomic E-state index is 12.9. The number of unbranched alkanes of at least 4 members (excludes halogenated alkanes) is 1. The normalized spacial score (nSPS) is 10.6. The van der Waals surface area contributed by atoms with Gasteiger partial charge in [-0.15, -0.1) is 0 Å². The Morgan fingerprint density at radius 1 is 1.06 bits per heavy atom. The summed E-state index contributed by atoms with van der Waals surface area (Å²) in [7, 11) is 0. The molecule has 0 aliphatic carbocycles. The lowest BCUT2D eigenvalue weighted by atomic mass is 10.2. The Balaban J connectivity index is 2.10. The first kappa shape index (κ1) is 25.7. The molecule has 0 atom stereocenters. The number of H-pyrrole nitrogens is 1. The summed E-state index contributed by atoms with van der Waals surface area (Å²) in [6, 6.07) is 7.31. The monoisotopic (exact) mass is 460 g/mol. The molecule has 0 saturated heterocycles. The van der Waals surface area contributed by atoms with Gasteiger partial charge in [-0.1, -0.05) is 39.3 Å². The molecule has 0 radical (unpaired) electrons. The molecule has 1 heterocycles. The molecule has 180 valence electrons. The van der Waals surface area contributed by atoms with Crippen molar-refractivity contribution in [2.24, 2.45) is 0 Å².